The summed E-state index contributed by atoms with van der Waals surface area (Å²) in [6.07, 6.45) is 0. The van der Waals surface area contributed by atoms with Gasteiger partial charge in [-0.3, -0.25) is 0 Å². The van der Waals surface area contributed by atoms with Gasteiger partial charge >= 0.3 is 0 Å². The minimum Gasteiger partial charge on any atom is -0.454 e. The smallest absolute Gasteiger partial charge is 0.228 e. The summed E-state index contributed by atoms with van der Waals surface area (Å²) in [6, 6.07) is 54.5. The molecule has 0 unspecified atom stereocenters. The Balaban J connectivity index is 1.35. The quantitative estimate of drug-likeness (QED) is 0.204. The molecule has 212 valence electrons. The first kappa shape index (κ1) is 25.4. The van der Waals surface area contributed by atoms with Crippen LogP contribution in [0.2, 0.25) is 0 Å². The van der Waals surface area contributed by atoms with Gasteiger partial charge in [-0.2, -0.15) is 0 Å². The van der Waals surface area contributed by atoms with E-state index in [1.165, 1.54) is 5.39 Å². The Morgan fingerprint density at radius 3 is 2.02 bits per heavy atom. The molecule has 0 aliphatic carbocycles. The Morgan fingerprint density at radius 1 is 0.444 bits per heavy atom. The number of rotatable bonds is 5. The Kier molecular flexibility index (Phi) is 5.78. The van der Waals surface area contributed by atoms with Gasteiger partial charge in [0.05, 0.1) is 17.1 Å². The zero-order valence-electron chi connectivity index (χ0n) is 24.2. The lowest BCUT2D eigenvalue weighted by Crippen LogP contribution is -2.12. The van der Waals surface area contributed by atoms with Crippen LogP contribution < -0.4 is 4.90 Å². The molecular weight excluding hydrogens is 552 g/mol. The number of para-hydroxylation sites is 4. The van der Waals surface area contributed by atoms with Gasteiger partial charge in [-0.25, -0.2) is 4.98 Å². The predicted octanol–water partition coefficient (Wildman–Crippen LogP) is 11.7. The molecule has 7 aromatic carbocycles. The zero-order chi connectivity index (χ0) is 29.7. The third kappa shape index (κ3) is 4.11. The number of nitrogens with zero attached hydrogens (tertiary/aromatic N) is 2. The summed E-state index contributed by atoms with van der Waals surface area (Å²) in [7, 11) is 0. The fourth-order valence-corrected chi connectivity index (χ4v) is 6.50. The van der Waals surface area contributed by atoms with Gasteiger partial charge in [-0.15, -0.1) is 0 Å². The summed E-state index contributed by atoms with van der Waals surface area (Å²) in [5.41, 5.74) is 9.44. The van der Waals surface area contributed by atoms with Crippen LogP contribution >= 0.6 is 0 Å². The normalized spacial score (nSPS) is 11.6. The Morgan fingerprint density at radius 2 is 1.09 bits per heavy atom. The summed E-state index contributed by atoms with van der Waals surface area (Å²) in [5.74, 6) is 0.579. The molecule has 45 heavy (non-hydrogen) atoms. The van der Waals surface area contributed by atoms with Gasteiger partial charge in [-0.05, 0) is 53.4 Å². The average molecular weight is 579 g/mol. The molecule has 0 atom stereocenters. The van der Waals surface area contributed by atoms with Crippen LogP contribution in [0.5, 0.6) is 0 Å². The van der Waals surface area contributed by atoms with Gasteiger partial charge in [0, 0.05) is 27.3 Å². The van der Waals surface area contributed by atoms with Crippen molar-refractivity contribution in [3.8, 4) is 22.6 Å². The van der Waals surface area contributed by atoms with E-state index in [1.54, 1.807) is 0 Å². The van der Waals surface area contributed by atoms with Gasteiger partial charge in [0.1, 0.15) is 11.1 Å². The van der Waals surface area contributed by atoms with Crippen LogP contribution in [0.1, 0.15) is 0 Å². The number of oxazole rings is 1. The van der Waals surface area contributed by atoms with Crippen molar-refractivity contribution in [1.82, 2.24) is 4.98 Å². The zero-order valence-corrected chi connectivity index (χ0v) is 24.2. The van der Waals surface area contributed by atoms with Crippen molar-refractivity contribution in [2.75, 3.05) is 4.90 Å². The molecule has 2 heterocycles. The minimum atomic E-state index is 0.579. The summed E-state index contributed by atoms with van der Waals surface area (Å²) in [4.78, 5) is 7.17. The van der Waals surface area contributed by atoms with E-state index in [9.17, 15) is 0 Å². The molecule has 0 spiro atoms. The second-order valence-electron chi connectivity index (χ2n) is 11.1. The summed E-state index contributed by atoms with van der Waals surface area (Å²) < 4.78 is 13.0. The van der Waals surface area contributed by atoms with E-state index in [0.29, 0.717) is 5.89 Å². The maximum Gasteiger partial charge on any atom is 0.228 e. The molecule has 9 aromatic rings. The third-order valence-electron chi connectivity index (χ3n) is 8.50. The highest BCUT2D eigenvalue weighted by Crippen LogP contribution is 2.48. The summed E-state index contributed by atoms with van der Waals surface area (Å²) in [6.45, 7) is 0. The van der Waals surface area contributed by atoms with Crippen molar-refractivity contribution in [3.05, 3.63) is 158 Å². The molecule has 0 aliphatic rings. The lowest BCUT2D eigenvalue weighted by molar-refractivity contribution is 0.620. The maximum atomic E-state index is 6.79. The van der Waals surface area contributed by atoms with Crippen LogP contribution in [-0.4, -0.2) is 4.98 Å². The van der Waals surface area contributed by atoms with Crippen molar-refractivity contribution in [2.24, 2.45) is 0 Å². The molecule has 9 rings (SSSR count). The fourth-order valence-electron chi connectivity index (χ4n) is 6.50. The summed E-state index contributed by atoms with van der Waals surface area (Å²) >= 11 is 0. The first-order valence-corrected chi connectivity index (χ1v) is 15.1. The van der Waals surface area contributed by atoms with Gasteiger partial charge in [0.2, 0.25) is 5.89 Å². The van der Waals surface area contributed by atoms with E-state index in [-0.39, 0.29) is 0 Å². The number of hydrogen-bond donors (Lipinski definition) is 0. The number of hydrogen-bond acceptors (Lipinski definition) is 4. The van der Waals surface area contributed by atoms with E-state index in [4.69, 9.17) is 13.8 Å². The lowest BCUT2D eigenvalue weighted by atomic mass is 10.00. The van der Waals surface area contributed by atoms with Crippen LogP contribution in [0, 0.1) is 0 Å². The Hall–Kier alpha value is -6.13. The van der Waals surface area contributed by atoms with E-state index >= 15 is 0 Å². The fraction of sp³-hybridized carbons (Fsp3) is 0. The first-order valence-electron chi connectivity index (χ1n) is 15.1. The number of aromatic nitrogens is 1. The summed E-state index contributed by atoms with van der Waals surface area (Å²) in [5, 5.41) is 4.31. The maximum absolute atomic E-state index is 6.79. The van der Waals surface area contributed by atoms with Crippen molar-refractivity contribution < 1.29 is 8.83 Å². The van der Waals surface area contributed by atoms with Crippen molar-refractivity contribution in [1.29, 1.82) is 0 Å². The molecule has 0 saturated carbocycles. The Labute approximate surface area is 259 Å². The number of anilines is 3. The highest BCUT2D eigenvalue weighted by molar-refractivity contribution is 6.16. The molecule has 0 radical (unpaired) electrons. The van der Waals surface area contributed by atoms with Gasteiger partial charge < -0.3 is 13.7 Å². The molecule has 0 fully saturated rings. The topological polar surface area (TPSA) is 42.4 Å². The Bertz CT molecular complexity index is 2470. The minimum absolute atomic E-state index is 0.579. The van der Waals surface area contributed by atoms with Crippen molar-refractivity contribution in [3.63, 3.8) is 0 Å². The first-order chi connectivity index (χ1) is 22.3. The highest BCUT2D eigenvalue weighted by Gasteiger charge is 2.24. The molecule has 4 heteroatoms. The molecule has 0 N–H and O–H groups in total. The largest absolute Gasteiger partial charge is 0.454 e. The third-order valence-corrected chi connectivity index (χ3v) is 8.50. The van der Waals surface area contributed by atoms with Crippen molar-refractivity contribution in [2.45, 2.75) is 0 Å². The van der Waals surface area contributed by atoms with Gasteiger partial charge in [-0.1, -0.05) is 115 Å². The molecule has 0 aliphatic heterocycles. The van der Waals surface area contributed by atoms with Gasteiger partial charge in [0.15, 0.2) is 11.2 Å². The van der Waals surface area contributed by atoms with Crippen LogP contribution in [0.25, 0.3) is 66.4 Å². The van der Waals surface area contributed by atoms with Crippen molar-refractivity contribution >= 4 is 60.9 Å². The average Bonchev–Trinajstić information content (AvgIpc) is 3.72. The monoisotopic (exact) mass is 578 g/mol. The SMILES string of the molecule is c1ccc(-c2ccccc2N(c2cccc3ccccc23)c2cccc3c2oc2cccc(-c4nc5ccccc5o4)c23)cc1. The van der Waals surface area contributed by atoms with Crippen LogP contribution in [-0.2, 0) is 0 Å². The molecule has 0 amide bonds. The molecule has 0 bridgehead atoms. The van der Waals surface area contributed by atoms with Crippen LogP contribution in [0.3, 0.4) is 0 Å². The lowest BCUT2D eigenvalue weighted by Gasteiger charge is -2.29. The number of fused-ring (bicyclic) bond motifs is 5. The second kappa shape index (κ2) is 10.2. The number of benzene rings is 7. The van der Waals surface area contributed by atoms with E-state index in [0.717, 1.165) is 72.2 Å². The standard InChI is InChI=1S/C41H26N2O2/c1-2-13-27(14-3-1)29-18-6-8-22-34(29)43(35-23-10-16-28-15-4-5-17-30(28)35)36-24-11-19-31-39-32(20-12-26-38(39)44-40(31)36)41-42-33-21-7-9-25-37(33)45-41/h1-26H. The molecular formula is C41H26N2O2. The van der Waals surface area contributed by atoms with Crippen LogP contribution in [0.15, 0.2) is 167 Å². The predicted molar refractivity (Wildman–Crippen MR) is 184 cm³/mol. The van der Waals surface area contributed by atoms with E-state index in [1.807, 2.05) is 36.4 Å². The molecule has 2 aromatic heterocycles. The number of furan rings is 1. The second-order valence-corrected chi connectivity index (χ2v) is 11.1. The highest BCUT2D eigenvalue weighted by atomic mass is 16.3. The van der Waals surface area contributed by atoms with E-state index in [2.05, 4.69) is 126 Å². The van der Waals surface area contributed by atoms with E-state index < -0.39 is 0 Å². The van der Waals surface area contributed by atoms with Gasteiger partial charge in [0.25, 0.3) is 0 Å². The molecule has 4 nitrogen and oxygen atoms in total. The van der Waals surface area contributed by atoms with Crippen LogP contribution in [0.4, 0.5) is 17.1 Å². The molecule has 0 saturated heterocycles.